The first kappa shape index (κ1) is 99.5. The van der Waals surface area contributed by atoms with Gasteiger partial charge in [0.05, 0.1) is 38.3 Å². The summed E-state index contributed by atoms with van der Waals surface area (Å²) in [6.07, 6.45) is 51.4. The summed E-state index contributed by atoms with van der Waals surface area (Å²) in [5.74, 6) is 0.910. The van der Waals surface area contributed by atoms with Crippen molar-refractivity contribution in [2.75, 3.05) is 72.7 Å². The maximum absolute atomic E-state index is 13.2. The molecule has 1 atom stereocenters. The number of isocyanates is 7. The van der Waals surface area contributed by atoms with Crippen molar-refractivity contribution in [3.63, 3.8) is 0 Å². The van der Waals surface area contributed by atoms with E-state index in [1.807, 2.05) is 0 Å². The molecule has 2 aliphatic carbocycles. The van der Waals surface area contributed by atoms with E-state index in [0.29, 0.717) is 111 Å². The Kier molecular flexibility index (Phi) is 58.5. The third kappa shape index (κ3) is 42.9. The summed E-state index contributed by atoms with van der Waals surface area (Å²) in [4.78, 5) is 193. The van der Waals surface area contributed by atoms with E-state index >= 15 is 0 Å². The van der Waals surface area contributed by atoms with Gasteiger partial charge >= 0.3 is 46.3 Å². The molecule has 2 aromatic rings. The fraction of sp³-hybridized carbons (Fsp3) is 0.734. The second-order valence-corrected chi connectivity index (χ2v) is 27.7. The van der Waals surface area contributed by atoms with Crippen LogP contribution in [-0.4, -0.2) is 172 Å². The molecule has 2 aromatic heterocycles. The molecule has 114 heavy (non-hydrogen) atoms. The van der Waals surface area contributed by atoms with Crippen LogP contribution in [-0.2, 0) is 74.0 Å². The number of carbonyl (C=O) groups excluding carboxylic acids is 9. The highest BCUT2D eigenvalue weighted by Gasteiger charge is 2.42. The molecule has 0 bridgehead atoms. The standard InChI is InChI=1S/C24H32N6O6.C24H39N5O6.C16H24N4O4.C15H22N2O2/c1-2-3-8-13-21(27-20-32)30-23(34)28(15-10-5-4-9-14-26-19-31)22(33)29(24(30)35)16-11-6-7-12-17-36-18-25;1-33-18-12-6-3-9-15-27-22-28(16-10-5-7-13-19-34-20-25)23(31)29(24(32)35-22)17-11-4-2-8-14-26-21-30;21-13-17-9-5-1-3-7-11-19-15(23)20(16(19)24)12-8-4-2-6-10-18-14-22;18-10-16-14-5-1-12(2-6-14)9-13-3-7-15(8-4-13)17-11-19/h2-3,8,13,21H,4-7,9-12,14-17H2,1H3;2-19H2,1H3;1-12H2;12-15H,1-9H2/b3-2+,13-8+;;;. The molecule has 2 saturated carbocycles. The lowest BCUT2D eigenvalue weighted by atomic mass is 9.76. The summed E-state index contributed by atoms with van der Waals surface area (Å²) in [6.45, 7) is 7.21. The number of methoxy groups -OCH3 is 1. The summed E-state index contributed by atoms with van der Waals surface area (Å²) in [5.41, 5.74) is -2.75. The highest BCUT2D eigenvalue weighted by atomic mass is 16.5. The quantitative estimate of drug-likeness (QED) is 0.0195. The molecule has 0 aromatic carbocycles. The summed E-state index contributed by atoms with van der Waals surface area (Å²) < 4.78 is 25.2. The summed E-state index contributed by atoms with van der Waals surface area (Å²) in [5, 5.41) is 16.8. The molecule has 3 aliphatic rings. The van der Waals surface area contributed by atoms with Gasteiger partial charge in [0.25, 0.3) is 12.5 Å². The average molecular weight is 1590 g/mol. The number of hydrogen-bond acceptors (Lipinski definition) is 28. The zero-order valence-corrected chi connectivity index (χ0v) is 66.7. The van der Waals surface area contributed by atoms with E-state index < -0.39 is 34.7 Å². The Morgan fingerprint density at radius 3 is 1.15 bits per heavy atom. The van der Waals surface area contributed by atoms with E-state index in [1.54, 1.807) is 56.9 Å². The van der Waals surface area contributed by atoms with Crippen LogP contribution in [0.5, 0.6) is 0 Å². The van der Waals surface area contributed by atoms with Gasteiger partial charge < -0.3 is 18.6 Å². The summed E-state index contributed by atoms with van der Waals surface area (Å²) in [7, 11) is 1.68. The molecule has 3 fully saturated rings. The van der Waals surface area contributed by atoms with Crippen LogP contribution in [0.4, 0.5) is 9.59 Å². The highest BCUT2D eigenvalue weighted by Crippen LogP contribution is 2.36. The SMILES string of the molecule is C/C=C/C=C/C(N=C=O)n1c(=O)n(CCCCCCN=C=O)c(=O)n(CCCCCCOC#N)c1=O.COCCCCCCN=c1oc(=O)n(CCCCCCN=C=O)c(=O)n1CCCCCCOC#N.O=C=NC1CCC(CC2CCC(N=C=O)CC2)CC1.O=C=NCCCCCCN1C(=O)N(CCCCCCN=C=O)C1=O. The van der Waals surface area contributed by atoms with Gasteiger partial charge in [-0.3, -0.25) is 0 Å². The van der Waals surface area contributed by atoms with E-state index in [-0.39, 0.29) is 49.5 Å². The lowest BCUT2D eigenvalue weighted by Gasteiger charge is -2.39. The van der Waals surface area contributed by atoms with Crippen molar-refractivity contribution in [3.8, 4) is 12.5 Å². The minimum atomic E-state index is -1.25. The summed E-state index contributed by atoms with van der Waals surface area (Å²) in [6, 6.07) is 0.0325. The molecule has 4 amide bonds. The molecule has 3 heterocycles. The molecule has 0 spiro atoms. The second-order valence-electron chi connectivity index (χ2n) is 27.7. The molecule has 0 radical (unpaired) electrons. The van der Waals surface area contributed by atoms with Gasteiger partial charge in [0.15, 0.2) is 6.17 Å². The first-order chi connectivity index (χ1) is 55.7. The van der Waals surface area contributed by atoms with Crippen LogP contribution in [0.3, 0.4) is 0 Å². The van der Waals surface area contributed by atoms with Crippen LogP contribution in [0.25, 0.3) is 0 Å². The molecular weight excluding hydrogens is 1470 g/mol. The number of hydrogen-bond donors (Lipinski definition) is 0. The maximum atomic E-state index is 13.2. The fourth-order valence-corrected chi connectivity index (χ4v) is 13.2. The third-order valence-electron chi connectivity index (χ3n) is 19.4. The van der Waals surface area contributed by atoms with E-state index in [9.17, 15) is 67.1 Å². The van der Waals surface area contributed by atoms with Crippen LogP contribution in [0.2, 0.25) is 0 Å². The number of ether oxygens (including phenoxy) is 3. The van der Waals surface area contributed by atoms with Crippen molar-refractivity contribution in [1.82, 2.24) is 32.6 Å². The van der Waals surface area contributed by atoms with E-state index in [2.05, 4.69) is 49.4 Å². The molecule has 35 heteroatoms. The zero-order valence-electron chi connectivity index (χ0n) is 66.7. The van der Waals surface area contributed by atoms with Crippen molar-refractivity contribution < 1.29 is 61.8 Å². The van der Waals surface area contributed by atoms with Gasteiger partial charge in [-0.25, -0.2) is 135 Å². The molecular formula is C79H117N17O18. The Morgan fingerprint density at radius 1 is 0.412 bits per heavy atom. The molecule has 1 aliphatic heterocycles. The Bertz CT molecular complexity index is 3910. The monoisotopic (exact) mass is 1590 g/mol. The lowest BCUT2D eigenvalue weighted by molar-refractivity contribution is 0.104. The van der Waals surface area contributed by atoms with Gasteiger partial charge in [-0.2, -0.15) is 15.5 Å². The summed E-state index contributed by atoms with van der Waals surface area (Å²) >= 11 is 0. The van der Waals surface area contributed by atoms with Crippen LogP contribution >= 0.6 is 0 Å². The Labute approximate surface area is 665 Å². The molecule has 5 rings (SSSR count). The number of urea groups is 2. The van der Waals surface area contributed by atoms with Gasteiger partial charge in [-0.1, -0.05) is 95.3 Å². The average Bonchev–Trinajstić information content (AvgIpc) is 0.780. The number of imide groups is 2. The minimum absolute atomic E-state index is 0.0766. The van der Waals surface area contributed by atoms with Gasteiger partial charge in [-0.15, -0.1) is 0 Å². The number of nitriles is 2. The number of aromatic nitrogens is 5. The van der Waals surface area contributed by atoms with Gasteiger partial charge in [-0.05, 0) is 185 Å². The smallest absolute Gasteiger partial charge is 0.425 e. The molecule has 626 valence electrons. The number of carbonyl (C=O) groups is 2. The number of rotatable bonds is 57. The van der Waals surface area contributed by atoms with E-state index in [4.69, 9.17) is 19.7 Å². The predicted molar refractivity (Wildman–Crippen MR) is 421 cm³/mol. The molecule has 1 unspecified atom stereocenters. The molecule has 35 nitrogen and oxygen atoms in total. The normalized spacial score (nSPS) is 15.8. The van der Waals surface area contributed by atoms with Gasteiger partial charge in [0.1, 0.15) is 13.2 Å². The minimum Gasteiger partial charge on any atom is -0.428 e. The highest BCUT2D eigenvalue weighted by molar-refractivity contribution is 6.11. The molecule has 1 saturated heterocycles. The lowest BCUT2D eigenvalue weighted by Crippen LogP contribution is -2.64. The maximum Gasteiger partial charge on any atom is 0.425 e. The predicted octanol–water partition coefficient (Wildman–Crippen LogP) is 10.6. The first-order valence-electron chi connectivity index (χ1n) is 40.3. The Hall–Kier alpha value is -10.6. The van der Waals surface area contributed by atoms with Crippen molar-refractivity contribution in [2.45, 2.75) is 289 Å². The Balaban J connectivity index is 0.000000530. The molecule has 0 N–H and O–H groups in total. The Morgan fingerprint density at radius 2 is 0.772 bits per heavy atom. The van der Waals surface area contributed by atoms with Crippen molar-refractivity contribution in [1.29, 1.82) is 10.5 Å². The largest absolute Gasteiger partial charge is 0.428 e. The number of amides is 4. The third-order valence-corrected chi connectivity index (χ3v) is 19.4. The van der Waals surface area contributed by atoms with Crippen LogP contribution in [0.15, 0.2) is 92.6 Å². The van der Waals surface area contributed by atoms with Crippen molar-refractivity contribution in [2.24, 2.45) is 51.8 Å². The van der Waals surface area contributed by atoms with Crippen molar-refractivity contribution in [3.05, 3.63) is 82.5 Å². The number of nitrogens with zero attached hydrogens (tertiary/aromatic N) is 17. The first-order valence-corrected chi connectivity index (χ1v) is 40.3. The van der Waals surface area contributed by atoms with E-state index in [1.165, 1.54) is 82.9 Å². The van der Waals surface area contributed by atoms with Crippen LogP contribution in [0.1, 0.15) is 251 Å². The topological polar surface area (TPSA) is 457 Å². The zero-order chi connectivity index (χ0) is 83.3. The van der Waals surface area contributed by atoms with E-state index in [0.717, 1.165) is 197 Å². The van der Waals surface area contributed by atoms with Gasteiger partial charge in [0, 0.05) is 59.5 Å². The second kappa shape index (κ2) is 67.0. The number of unbranched alkanes of at least 4 members (excludes halogenated alkanes) is 21. The number of allylic oxidation sites excluding steroid dienone is 3. The number of aliphatic imine (C=N–C) groups is 7. The van der Waals surface area contributed by atoms with Crippen molar-refractivity contribution >= 4 is 54.6 Å². The fourth-order valence-electron chi connectivity index (χ4n) is 13.2. The van der Waals surface area contributed by atoms with Crippen LogP contribution in [0, 0.1) is 34.9 Å². The van der Waals surface area contributed by atoms with Gasteiger partial charge in [0.2, 0.25) is 42.6 Å². The van der Waals surface area contributed by atoms with Crippen LogP contribution < -0.4 is 34.2 Å².